The molecule has 0 aromatic carbocycles. The Morgan fingerprint density at radius 2 is 1.90 bits per heavy atom. The average Bonchev–Trinajstić information content (AvgIpc) is 2.72. The molecule has 0 spiro atoms. The van der Waals surface area contributed by atoms with Crippen LogP contribution in [0.25, 0.3) is 0 Å². The number of nitrogens with zero attached hydrogens (tertiary/aromatic N) is 3. The first-order chi connectivity index (χ1) is 14.7. The van der Waals surface area contributed by atoms with Crippen molar-refractivity contribution in [2.24, 2.45) is 0 Å². The van der Waals surface area contributed by atoms with Crippen molar-refractivity contribution in [2.75, 3.05) is 6.61 Å². The monoisotopic (exact) mass is 445 g/mol. The molecule has 0 bridgehead atoms. The van der Waals surface area contributed by atoms with Crippen molar-refractivity contribution in [1.29, 1.82) is 0 Å². The summed E-state index contributed by atoms with van der Waals surface area (Å²) in [6, 6.07) is 7.94. The molecule has 31 heavy (non-hydrogen) atoms. The minimum absolute atomic E-state index is 0.210. The number of ether oxygens (including phenoxy) is 2. The molecule has 1 amide bonds. The van der Waals surface area contributed by atoms with E-state index in [1.165, 1.54) is 0 Å². The number of piperidine rings is 1. The first kappa shape index (κ1) is 23.0. The van der Waals surface area contributed by atoms with E-state index in [2.05, 4.69) is 9.97 Å². The molecule has 3 rings (SSSR count). The summed E-state index contributed by atoms with van der Waals surface area (Å²) in [4.78, 5) is 36.2. The van der Waals surface area contributed by atoms with Crippen molar-refractivity contribution in [3.63, 3.8) is 0 Å². The van der Waals surface area contributed by atoms with E-state index < -0.39 is 17.7 Å². The van der Waals surface area contributed by atoms with Gasteiger partial charge in [0.25, 0.3) is 0 Å². The molecule has 0 saturated carbocycles. The second-order valence-electron chi connectivity index (χ2n) is 8.39. The molecule has 0 aliphatic carbocycles. The Bertz CT molecular complexity index is 944. The second-order valence-corrected chi connectivity index (χ2v) is 8.80. The maximum absolute atomic E-state index is 13.3. The van der Waals surface area contributed by atoms with Crippen LogP contribution in [0, 0.1) is 0 Å². The van der Waals surface area contributed by atoms with Crippen molar-refractivity contribution in [1.82, 2.24) is 14.9 Å². The molecular formula is C23H28ClN3O4. The zero-order valence-corrected chi connectivity index (χ0v) is 19.1. The number of halogens is 1. The highest BCUT2D eigenvalue weighted by Crippen LogP contribution is 2.43. The maximum atomic E-state index is 13.3. The molecule has 0 N–H and O–H groups in total. The summed E-state index contributed by atoms with van der Waals surface area (Å²) >= 11 is 6.44. The number of carbonyl (C=O) groups is 2. The Morgan fingerprint density at radius 1 is 1.16 bits per heavy atom. The molecule has 2 aromatic rings. The Balaban J connectivity index is 2.03. The molecule has 2 unspecified atom stereocenters. The number of amides is 1. The van der Waals surface area contributed by atoms with Gasteiger partial charge in [0.1, 0.15) is 11.3 Å². The van der Waals surface area contributed by atoms with Crippen LogP contribution >= 0.6 is 11.6 Å². The van der Waals surface area contributed by atoms with Crippen LogP contribution in [0.3, 0.4) is 0 Å². The molecule has 2 atom stereocenters. The minimum Gasteiger partial charge on any atom is -0.461 e. The van der Waals surface area contributed by atoms with Gasteiger partial charge in [-0.2, -0.15) is 0 Å². The smallest absolute Gasteiger partial charge is 0.411 e. The molecule has 2 aromatic heterocycles. The highest BCUT2D eigenvalue weighted by Gasteiger charge is 2.40. The Labute approximate surface area is 187 Å². The zero-order valence-electron chi connectivity index (χ0n) is 18.3. The second kappa shape index (κ2) is 9.64. The van der Waals surface area contributed by atoms with E-state index in [1.807, 2.05) is 26.8 Å². The van der Waals surface area contributed by atoms with E-state index in [9.17, 15) is 9.59 Å². The van der Waals surface area contributed by atoms with E-state index >= 15 is 0 Å². The van der Waals surface area contributed by atoms with Gasteiger partial charge in [0, 0.05) is 6.20 Å². The molecule has 1 saturated heterocycles. The van der Waals surface area contributed by atoms with Crippen LogP contribution in [0.5, 0.6) is 0 Å². The molecular weight excluding hydrogens is 418 g/mol. The van der Waals surface area contributed by atoms with Gasteiger partial charge in [0.05, 0.1) is 35.1 Å². The van der Waals surface area contributed by atoms with E-state index in [4.69, 9.17) is 21.1 Å². The third-order valence-corrected chi connectivity index (χ3v) is 5.25. The van der Waals surface area contributed by atoms with Crippen LogP contribution in [0.4, 0.5) is 4.79 Å². The van der Waals surface area contributed by atoms with Crippen LogP contribution in [0.2, 0.25) is 5.02 Å². The number of hydrogen-bond donors (Lipinski definition) is 0. The predicted octanol–water partition coefficient (Wildman–Crippen LogP) is 5.51. The summed E-state index contributed by atoms with van der Waals surface area (Å²) in [5.74, 6) is -0.492. The largest absolute Gasteiger partial charge is 0.461 e. The Hall–Kier alpha value is -2.67. The lowest BCUT2D eigenvalue weighted by atomic mass is 9.91. The molecule has 1 aliphatic rings. The van der Waals surface area contributed by atoms with E-state index in [0.29, 0.717) is 29.3 Å². The number of rotatable bonds is 4. The summed E-state index contributed by atoms with van der Waals surface area (Å²) in [7, 11) is 0. The average molecular weight is 446 g/mol. The number of esters is 1. The van der Waals surface area contributed by atoms with Crippen LogP contribution in [0.15, 0.2) is 36.5 Å². The summed E-state index contributed by atoms with van der Waals surface area (Å²) in [5.41, 5.74) is 0.772. The summed E-state index contributed by atoms with van der Waals surface area (Å²) < 4.78 is 10.8. The fourth-order valence-electron chi connectivity index (χ4n) is 3.73. The fourth-order valence-corrected chi connectivity index (χ4v) is 3.97. The van der Waals surface area contributed by atoms with Gasteiger partial charge >= 0.3 is 12.1 Å². The molecule has 8 heteroatoms. The van der Waals surface area contributed by atoms with Gasteiger partial charge < -0.3 is 9.47 Å². The fraction of sp³-hybridized carbons (Fsp3) is 0.478. The SMILES string of the molecule is CCOC(=O)c1cccc(C2CCCC(c3ncccc3Cl)N2C(=O)OC(C)(C)C)n1. The van der Waals surface area contributed by atoms with Crippen LogP contribution < -0.4 is 0 Å². The number of carbonyl (C=O) groups excluding carboxylic acids is 2. The normalized spacial score (nSPS) is 19.1. The van der Waals surface area contributed by atoms with Crippen LogP contribution in [0.1, 0.15) is 80.9 Å². The summed E-state index contributed by atoms with van der Waals surface area (Å²) in [5, 5.41) is 0.495. The standard InChI is InChI=1S/C23H28ClN3O4/c1-5-30-21(28)17-11-6-10-16(26-17)18-12-7-13-19(20-15(24)9-8-14-25-20)27(18)22(29)31-23(2,3)4/h6,8-11,14,18-19H,5,7,12-13H2,1-4H3. The third-order valence-electron chi connectivity index (χ3n) is 4.93. The number of pyridine rings is 2. The molecule has 7 nitrogen and oxygen atoms in total. The van der Waals surface area contributed by atoms with Crippen LogP contribution in [-0.4, -0.2) is 39.1 Å². The first-order valence-corrected chi connectivity index (χ1v) is 10.8. The Morgan fingerprint density at radius 3 is 2.58 bits per heavy atom. The first-order valence-electron chi connectivity index (χ1n) is 10.5. The predicted molar refractivity (Wildman–Crippen MR) is 117 cm³/mol. The van der Waals surface area contributed by atoms with Gasteiger partial charge in [0.2, 0.25) is 0 Å². The third kappa shape index (κ3) is 5.53. The summed E-state index contributed by atoms with van der Waals surface area (Å²) in [6.07, 6.45) is 3.42. The van der Waals surface area contributed by atoms with E-state index in [1.54, 1.807) is 42.3 Å². The van der Waals surface area contributed by atoms with Gasteiger partial charge in [0.15, 0.2) is 0 Å². The van der Waals surface area contributed by atoms with E-state index in [-0.39, 0.29) is 24.4 Å². The Kier molecular flexibility index (Phi) is 7.15. The molecule has 0 radical (unpaired) electrons. The summed E-state index contributed by atoms with van der Waals surface area (Å²) in [6.45, 7) is 7.48. The quantitative estimate of drug-likeness (QED) is 0.577. The topological polar surface area (TPSA) is 81.6 Å². The number of likely N-dealkylation sites (tertiary alicyclic amines) is 1. The highest BCUT2D eigenvalue weighted by atomic mass is 35.5. The van der Waals surface area contributed by atoms with Gasteiger partial charge in [-0.05, 0) is 71.2 Å². The lowest BCUT2D eigenvalue weighted by Crippen LogP contribution is -2.44. The van der Waals surface area contributed by atoms with Gasteiger partial charge in [-0.25, -0.2) is 14.6 Å². The van der Waals surface area contributed by atoms with Crippen molar-refractivity contribution < 1.29 is 19.1 Å². The van der Waals surface area contributed by atoms with E-state index in [0.717, 1.165) is 6.42 Å². The minimum atomic E-state index is -0.669. The van der Waals surface area contributed by atoms with Gasteiger partial charge in [-0.1, -0.05) is 17.7 Å². The molecule has 166 valence electrons. The van der Waals surface area contributed by atoms with Gasteiger partial charge in [-0.15, -0.1) is 0 Å². The number of aromatic nitrogens is 2. The molecule has 3 heterocycles. The van der Waals surface area contributed by atoms with Gasteiger partial charge in [-0.3, -0.25) is 9.88 Å². The van der Waals surface area contributed by atoms with Crippen molar-refractivity contribution in [3.8, 4) is 0 Å². The zero-order chi connectivity index (χ0) is 22.6. The maximum Gasteiger partial charge on any atom is 0.411 e. The highest BCUT2D eigenvalue weighted by molar-refractivity contribution is 6.31. The van der Waals surface area contributed by atoms with Crippen LogP contribution in [-0.2, 0) is 9.47 Å². The number of hydrogen-bond acceptors (Lipinski definition) is 6. The molecule has 1 aliphatic heterocycles. The van der Waals surface area contributed by atoms with Crippen molar-refractivity contribution in [2.45, 2.75) is 64.6 Å². The molecule has 1 fully saturated rings. The van der Waals surface area contributed by atoms with Crippen molar-refractivity contribution >= 4 is 23.7 Å². The van der Waals surface area contributed by atoms with Crippen molar-refractivity contribution in [3.05, 3.63) is 58.6 Å². The lowest BCUT2D eigenvalue weighted by molar-refractivity contribution is -0.00793. The lowest BCUT2D eigenvalue weighted by Gasteiger charge is -2.42.